The molecule has 0 unspecified atom stereocenters. The van der Waals surface area contributed by atoms with Gasteiger partial charge in [-0.15, -0.1) is 0 Å². The maximum Gasteiger partial charge on any atom is 0.233 e. The predicted octanol–water partition coefficient (Wildman–Crippen LogP) is 4.54. The van der Waals surface area contributed by atoms with E-state index in [4.69, 9.17) is 4.43 Å². The molecular weight excluding hydrogens is 270 g/mol. The molecule has 0 saturated carbocycles. The zero-order valence-electron chi connectivity index (χ0n) is 12.8. The second kappa shape index (κ2) is 6.32. The minimum Gasteiger partial charge on any atom is -0.406 e. The zero-order valence-corrected chi connectivity index (χ0v) is 13.8. The van der Waals surface area contributed by atoms with Crippen molar-refractivity contribution in [2.75, 3.05) is 0 Å². The first-order valence-corrected chi connectivity index (χ1v) is 9.59. The minimum absolute atomic E-state index is 0.0580. The first-order chi connectivity index (χ1) is 9.13. The molecule has 0 bridgehead atoms. The summed E-state index contributed by atoms with van der Waals surface area (Å²) < 4.78 is 6.29. The van der Waals surface area contributed by atoms with Gasteiger partial charge in [-0.2, -0.15) is 0 Å². The molecule has 1 aromatic rings. The number of hydrogen-bond donors (Lipinski definition) is 0. The van der Waals surface area contributed by atoms with Crippen molar-refractivity contribution in [3.8, 4) is 0 Å². The van der Waals surface area contributed by atoms with E-state index in [2.05, 4.69) is 33.9 Å². The van der Waals surface area contributed by atoms with Gasteiger partial charge in [0.2, 0.25) is 6.20 Å². The number of benzene rings is 1. The van der Waals surface area contributed by atoms with Crippen LogP contribution in [0.1, 0.15) is 32.4 Å². The molecule has 0 aliphatic heterocycles. The lowest BCUT2D eigenvalue weighted by molar-refractivity contribution is -0.403. The van der Waals surface area contributed by atoms with Crippen molar-refractivity contribution in [2.45, 2.75) is 45.0 Å². The average Bonchev–Trinajstić information content (AvgIpc) is 2.34. The molecule has 0 heterocycles. The van der Waals surface area contributed by atoms with Crippen LogP contribution >= 0.6 is 0 Å². The molecule has 0 amide bonds. The summed E-state index contributed by atoms with van der Waals surface area (Å²) in [7, 11) is -2.00. The fraction of sp³-hybridized carbons (Fsp3) is 0.467. The monoisotopic (exact) mass is 293 g/mol. The zero-order chi connectivity index (χ0) is 15.4. The molecule has 0 spiro atoms. The highest BCUT2D eigenvalue weighted by molar-refractivity contribution is 6.74. The fourth-order valence-electron chi connectivity index (χ4n) is 1.50. The second-order valence-corrected chi connectivity index (χ2v) is 11.1. The topological polar surface area (TPSA) is 52.4 Å². The van der Waals surface area contributed by atoms with Gasteiger partial charge in [-0.25, -0.2) is 0 Å². The highest BCUT2D eigenvalue weighted by atomic mass is 28.4. The van der Waals surface area contributed by atoms with Crippen LogP contribution in [0.15, 0.2) is 42.6 Å². The van der Waals surface area contributed by atoms with Crippen molar-refractivity contribution in [1.29, 1.82) is 0 Å². The van der Waals surface area contributed by atoms with Crippen LogP contribution in [0.25, 0.3) is 0 Å². The lowest BCUT2D eigenvalue weighted by Gasteiger charge is -2.38. The summed E-state index contributed by atoms with van der Waals surface area (Å²) in [5.41, 5.74) is 0.940. The summed E-state index contributed by atoms with van der Waals surface area (Å²) in [4.78, 5) is 10.1. The maximum absolute atomic E-state index is 10.6. The Balaban J connectivity index is 3.04. The van der Waals surface area contributed by atoms with Crippen LogP contribution in [0.2, 0.25) is 18.1 Å². The summed E-state index contributed by atoms with van der Waals surface area (Å²) in [6, 6.07) is 9.61. The molecule has 1 rings (SSSR count). The lowest BCUT2D eigenvalue weighted by Crippen LogP contribution is -2.41. The van der Waals surface area contributed by atoms with Gasteiger partial charge >= 0.3 is 0 Å². The largest absolute Gasteiger partial charge is 0.406 e. The number of nitrogens with zero attached hydrogens (tertiary/aromatic N) is 1. The van der Waals surface area contributed by atoms with E-state index in [0.29, 0.717) is 0 Å². The molecule has 0 N–H and O–H groups in total. The molecule has 0 aliphatic rings. The Hall–Kier alpha value is -1.46. The average molecular weight is 293 g/mol. The van der Waals surface area contributed by atoms with E-state index in [9.17, 15) is 10.1 Å². The van der Waals surface area contributed by atoms with Crippen LogP contribution in [-0.4, -0.2) is 13.2 Å². The third-order valence-electron chi connectivity index (χ3n) is 3.74. The Morgan fingerprint density at radius 3 is 2.25 bits per heavy atom. The van der Waals surface area contributed by atoms with Crippen LogP contribution in [0.5, 0.6) is 0 Å². The Morgan fingerprint density at radius 1 is 1.25 bits per heavy atom. The van der Waals surface area contributed by atoms with E-state index < -0.39 is 13.2 Å². The van der Waals surface area contributed by atoms with Gasteiger partial charge in [0.15, 0.2) is 8.32 Å². The van der Waals surface area contributed by atoms with Crippen LogP contribution in [0.3, 0.4) is 0 Å². The van der Waals surface area contributed by atoms with Gasteiger partial charge in [0.25, 0.3) is 0 Å². The summed E-state index contributed by atoms with van der Waals surface area (Å²) >= 11 is 0. The van der Waals surface area contributed by atoms with Crippen molar-refractivity contribution in [2.24, 2.45) is 0 Å². The first-order valence-electron chi connectivity index (χ1n) is 6.68. The van der Waals surface area contributed by atoms with E-state index in [-0.39, 0.29) is 11.1 Å². The molecule has 1 atom stereocenters. The molecular formula is C15H23NO3Si. The summed E-state index contributed by atoms with van der Waals surface area (Å²) in [6.07, 6.45) is 2.11. The quantitative estimate of drug-likeness (QED) is 0.455. The van der Waals surface area contributed by atoms with E-state index in [1.54, 1.807) is 0 Å². The van der Waals surface area contributed by atoms with E-state index >= 15 is 0 Å². The summed E-state index contributed by atoms with van der Waals surface area (Å²) in [6.45, 7) is 10.7. The number of nitro groups is 1. The molecule has 0 fully saturated rings. The predicted molar refractivity (Wildman–Crippen MR) is 83.6 cm³/mol. The van der Waals surface area contributed by atoms with Gasteiger partial charge in [0, 0.05) is 6.08 Å². The van der Waals surface area contributed by atoms with Crippen LogP contribution in [0, 0.1) is 10.1 Å². The second-order valence-electron chi connectivity index (χ2n) is 6.34. The molecule has 5 heteroatoms. The number of hydrogen-bond acceptors (Lipinski definition) is 3. The molecule has 0 radical (unpaired) electrons. The molecule has 0 aliphatic carbocycles. The van der Waals surface area contributed by atoms with E-state index in [1.807, 2.05) is 30.3 Å². The smallest absolute Gasteiger partial charge is 0.233 e. The van der Waals surface area contributed by atoms with Crippen molar-refractivity contribution in [3.05, 3.63) is 58.3 Å². The molecule has 110 valence electrons. The number of rotatable bonds is 5. The van der Waals surface area contributed by atoms with Gasteiger partial charge in [-0.05, 0) is 23.7 Å². The molecule has 1 aromatic carbocycles. The summed E-state index contributed by atoms with van der Waals surface area (Å²) in [5.74, 6) is 0. The van der Waals surface area contributed by atoms with Gasteiger partial charge in [-0.1, -0.05) is 51.1 Å². The van der Waals surface area contributed by atoms with Gasteiger partial charge in [-0.3, -0.25) is 10.1 Å². The van der Waals surface area contributed by atoms with E-state index in [0.717, 1.165) is 11.8 Å². The minimum atomic E-state index is -2.00. The molecule has 20 heavy (non-hydrogen) atoms. The fourth-order valence-corrected chi connectivity index (χ4v) is 2.71. The van der Waals surface area contributed by atoms with Crippen molar-refractivity contribution in [3.63, 3.8) is 0 Å². The Labute approximate surface area is 121 Å². The van der Waals surface area contributed by atoms with Gasteiger partial charge < -0.3 is 4.43 Å². The SMILES string of the molecule is CC(C)(C)[Si](C)(C)O[C@@H](/C=C/[N+](=O)[O-])c1ccccc1. The normalized spacial score (nSPS) is 14.4. The first kappa shape index (κ1) is 16.6. The maximum atomic E-state index is 10.6. The standard InChI is InChI=1S/C15H23NO3Si/c1-15(2,3)20(4,5)19-14(11-12-16(17)18)13-9-7-6-8-10-13/h6-12,14H,1-5H3/b12-11+/t14-/m0/s1. The summed E-state index contributed by atoms with van der Waals surface area (Å²) in [5, 5.41) is 10.6. The molecule has 0 aromatic heterocycles. The van der Waals surface area contributed by atoms with Crippen LogP contribution in [-0.2, 0) is 4.43 Å². The Bertz CT molecular complexity index is 478. The van der Waals surface area contributed by atoms with Crippen LogP contribution in [0.4, 0.5) is 0 Å². The van der Waals surface area contributed by atoms with Crippen molar-refractivity contribution >= 4 is 8.32 Å². The van der Waals surface area contributed by atoms with Gasteiger partial charge in [0.1, 0.15) is 0 Å². The van der Waals surface area contributed by atoms with E-state index in [1.165, 1.54) is 6.08 Å². The molecule has 0 saturated heterocycles. The lowest BCUT2D eigenvalue weighted by atomic mass is 10.1. The molecule has 4 nitrogen and oxygen atoms in total. The van der Waals surface area contributed by atoms with Crippen molar-refractivity contribution in [1.82, 2.24) is 0 Å². The Morgan fingerprint density at radius 2 is 1.80 bits per heavy atom. The Kier molecular flexibility index (Phi) is 5.25. The van der Waals surface area contributed by atoms with Crippen LogP contribution < -0.4 is 0 Å². The van der Waals surface area contributed by atoms with Crippen molar-refractivity contribution < 1.29 is 9.35 Å². The third-order valence-corrected chi connectivity index (χ3v) is 8.19. The third kappa shape index (κ3) is 4.58. The highest BCUT2D eigenvalue weighted by Crippen LogP contribution is 2.40. The highest BCUT2D eigenvalue weighted by Gasteiger charge is 2.39. The van der Waals surface area contributed by atoms with Gasteiger partial charge in [0.05, 0.1) is 11.0 Å².